The summed E-state index contributed by atoms with van der Waals surface area (Å²) in [7, 11) is 3.49. The van der Waals surface area contributed by atoms with E-state index in [0.717, 1.165) is 48.4 Å². The number of benzene rings is 1. The third kappa shape index (κ3) is 2.62. The molecule has 1 aromatic heterocycles. The van der Waals surface area contributed by atoms with E-state index in [2.05, 4.69) is 4.57 Å². The van der Waals surface area contributed by atoms with Gasteiger partial charge in [0.15, 0.2) is 0 Å². The van der Waals surface area contributed by atoms with Crippen LogP contribution in [0.5, 0.6) is 5.75 Å². The third-order valence-corrected chi connectivity index (χ3v) is 4.69. The highest BCUT2D eigenvalue weighted by Gasteiger charge is 2.38. The van der Waals surface area contributed by atoms with Crippen LogP contribution < -0.4 is 4.74 Å². The number of methoxy groups -OCH3 is 2. The topological polar surface area (TPSA) is 36.3 Å². The predicted molar refractivity (Wildman–Crippen MR) is 84.3 cm³/mol. The summed E-state index contributed by atoms with van der Waals surface area (Å²) in [6.45, 7) is 0.833. The van der Waals surface area contributed by atoms with Crippen LogP contribution in [-0.2, 0) is 17.7 Å². The average Bonchev–Trinajstić information content (AvgIpc) is 2.80. The van der Waals surface area contributed by atoms with Crippen LogP contribution in [0.2, 0.25) is 0 Å². The van der Waals surface area contributed by atoms with Crippen molar-refractivity contribution in [2.24, 2.45) is 0 Å². The number of ether oxygens (including phenoxy) is 2. The second-order valence-corrected chi connectivity index (χ2v) is 6.03. The summed E-state index contributed by atoms with van der Waals surface area (Å²) in [5.74, 6) is 2.44. The summed E-state index contributed by atoms with van der Waals surface area (Å²) in [6, 6.07) is 5.99. The molecule has 0 atom stereocenters. The molecule has 1 aliphatic carbocycles. The Hall–Kier alpha value is -1.26. The molecule has 0 amide bonds. The minimum Gasteiger partial charge on any atom is -0.497 e. The van der Waals surface area contributed by atoms with Crippen molar-refractivity contribution in [1.82, 2.24) is 9.55 Å². The van der Waals surface area contributed by atoms with Gasteiger partial charge in [0.2, 0.25) is 0 Å². The molecule has 0 unspecified atom stereocenters. The minimum absolute atomic E-state index is 0.0439. The standard InChI is InChI=1S/C16H21ClN2O2/c1-20-12-4-5-13-14(10-12)19(15(18-13)6-9-17)11-16(21-2)7-3-8-16/h4-5,10H,3,6-9,11H2,1-2H3. The predicted octanol–water partition coefficient (Wildman–Crippen LogP) is 3.40. The van der Waals surface area contributed by atoms with Crippen molar-refractivity contribution in [3.63, 3.8) is 0 Å². The molecule has 114 valence electrons. The fourth-order valence-electron chi connectivity index (χ4n) is 3.02. The van der Waals surface area contributed by atoms with Gasteiger partial charge in [-0.3, -0.25) is 0 Å². The summed E-state index contributed by atoms with van der Waals surface area (Å²) >= 11 is 5.94. The van der Waals surface area contributed by atoms with Crippen molar-refractivity contribution >= 4 is 22.6 Å². The SMILES string of the molecule is COc1ccc2nc(CCCl)n(CC3(OC)CCC3)c2c1. The summed E-state index contributed by atoms with van der Waals surface area (Å²) in [6.07, 6.45) is 4.20. The molecule has 1 fully saturated rings. The summed E-state index contributed by atoms with van der Waals surface area (Å²) in [4.78, 5) is 4.72. The number of alkyl halides is 1. The van der Waals surface area contributed by atoms with Crippen molar-refractivity contribution in [3.05, 3.63) is 24.0 Å². The fourth-order valence-corrected chi connectivity index (χ4v) is 3.19. The molecule has 3 rings (SSSR count). The van der Waals surface area contributed by atoms with E-state index in [1.807, 2.05) is 18.2 Å². The first-order valence-corrected chi connectivity index (χ1v) is 7.89. The van der Waals surface area contributed by atoms with Gasteiger partial charge in [0.05, 0.1) is 30.3 Å². The maximum absolute atomic E-state index is 5.94. The van der Waals surface area contributed by atoms with E-state index in [0.29, 0.717) is 5.88 Å². The minimum atomic E-state index is -0.0439. The van der Waals surface area contributed by atoms with Crippen molar-refractivity contribution in [1.29, 1.82) is 0 Å². The zero-order chi connectivity index (χ0) is 14.9. The molecule has 0 saturated heterocycles. The lowest BCUT2D eigenvalue weighted by Crippen LogP contribution is -2.43. The van der Waals surface area contributed by atoms with Gasteiger partial charge in [0.25, 0.3) is 0 Å². The van der Waals surface area contributed by atoms with E-state index in [4.69, 9.17) is 26.1 Å². The van der Waals surface area contributed by atoms with Gasteiger partial charge >= 0.3 is 0 Å². The molecule has 0 spiro atoms. The highest BCUT2D eigenvalue weighted by atomic mass is 35.5. The van der Waals surface area contributed by atoms with Crippen LogP contribution in [0.1, 0.15) is 25.1 Å². The average molecular weight is 309 g/mol. The zero-order valence-corrected chi connectivity index (χ0v) is 13.3. The first kappa shape index (κ1) is 14.7. The Morgan fingerprint density at radius 1 is 1.33 bits per heavy atom. The Balaban J connectivity index is 2.05. The molecule has 0 bridgehead atoms. The first-order valence-electron chi connectivity index (χ1n) is 7.35. The molecule has 0 N–H and O–H groups in total. The monoisotopic (exact) mass is 308 g/mol. The van der Waals surface area contributed by atoms with E-state index < -0.39 is 0 Å². The molecule has 21 heavy (non-hydrogen) atoms. The van der Waals surface area contributed by atoms with Gasteiger partial charge < -0.3 is 14.0 Å². The number of nitrogens with zero attached hydrogens (tertiary/aromatic N) is 2. The number of hydrogen-bond acceptors (Lipinski definition) is 3. The second-order valence-electron chi connectivity index (χ2n) is 5.65. The molecule has 1 aromatic carbocycles. The number of imidazole rings is 1. The van der Waals surface area contributed by atoms with E-state index in [9.17, 15) is 0 Å². The Labute approximate surface area is 130 Å². The second kappa shape index (κ2) is 5.85. The molecule has 2 aromatic rings. The number of aryl methyl sites for hydroxylation is 1. The summed E-state index contributed by atoms with van der Waals surface area (Å²) in [5.41, 5.74) is 2.04. The van der Waals surface area contributed by atoms with E-state index in [1.165, 1.54) is 6.42 Å². The van der Waals surface area contributed by atoms with Crippen LogP contribution in [0.4, 0.5) is 0 Å². The molecule has 0 radical (unpaired) electrons. The maximum atomic E-state index is 5.94. The molecular formula is C16H21ClN2O2. The quantitative estimate of drug-likeness (QED) is 0.767. The molecule has 1 aliphatic rings. The van der Waals surface area contributed by atoms with Gasteiger partial charge in [-0.15, -0.1) is 11.6 Å². The van der Waals surface area contributed by atoms with Crippen LogP contribution in [0, 0.1) is 0 Å². The van der Waals surface area contributed by atoms with Crippen molar-refractivity contribution in [2.45, 2.75) is 37.8 Å². The third-order valence-electron chi connectivity index (χ3n) is 4.50. The smallest absolute Gasteiger partial charge is 0.121 e. The van der Waals surface area contributed by atoms with Gasteiger partial charge in [-0.1, -0.05) is 0 Å². The van der Waals surface area contributed by atoms with Crippen LogP contribution in [0.25, 0.3) is 11.0 Å². The zero-order valence-electron chi connectivity index (χ0n) is 12.6. The molecule has 1 saturated carbocycles. The van der Waals surface area contributed by atoms with E-state index in [1.54, 1.807) is 14.2 Å². The molecule has 0 aliphatic heterocycles. The molecule has 4 nitrogen and oxygen atoms in total. The van der Waals surface area contributed by atoms with Gasteiger partial charge in [0, 0.05) is 25.5 Å². The lowest BCUT2D eigenvalue weighted by molar-refractivity contribution is -0.0832. The lowest BCUT2D eigenvalue weighted by Gasteiger charge is -2.41. The summed E-state index contributed by atoms with van der Waals surface area (Å²) in [5, 5.41) is 0. The number of rotatable bonds is 6. The van der Waals surface area contributed by atoms with Gasteiger partial charge in [0.1, 0.15) is 11.6 Å². The molecule has 1 heterocycles. The van der Waals surface area contributed by atoms with Gasteiger partial charge in [-0.2, -0.15) is 0 Å². The first-order chi connectivity index (χ1) is 10.2. The van der Waals surface area contributed by atoms with E-state index >= 15 is 0 Å². The normalized spacial score (nSPS) is 16.9. The Kier molecular flexibility index (Phi) is 4.09. The largest absolute Gasteiger partial charge is 0.497 e. The lowest BCUT2D eigenvalue weighted by atomic mass is 9.80. The van der Waals surface area contributed by atoms with Crippen LogP contribution >= 0.6 is 11.6 Å². The highest BCUT2D eigenvalue weighted by Crippen LogP contribution is 2.38. The van der Waals surface area contributed by atoms with Gasteiger partial charge in [-0.25, -0.2) is 4.98 Å². The number of halogens is 1. The molecule has 5 heteroatoms. The van der Waals surface area contributed by atoms with Crippen molar-refractivity contribution in [3.8, 4) is 5.75 Å². The number of fused-ring (bicyclic) bond motifs is 1. The highest BCUT2D eigenvalue weighted by molar-refractivity contribution is 6.17. The maximum Gasteiger partial charge on any atom is 0.121 e. The molecular weight excluding hydrogens is 288 g/mol. The van der Waals surface area contributed by atoms with Gasteiger partial charge in [-0.05, 0) is 31.4 Å². The van der Waals surface area contributed by atoms with Crippen LogP contribution in [-0.4, -0.2) is 35.3 Å². The number of aromatic nitrogens is 2. The van der Waals surface area contributed by atoms with Crippen molar-refractivity contribution < 1.29 is 9.47 Å². The van der Waals surface area contributed by atoms with Crippen LogP contribution in [0.15, 0.2) is 18.2 Å². The Bertz CT molecular complexity index is 629. The Morgan fingerprint density at radius 2 is 2.14 bits per heavy atom. The van der Waals surface area contributed by atoms with E-state index in [-0.39, 0.29) is 5.60 Å². The fraction of sp³-hybridized carbons (Fsp3) is 0.562. The van der Waals surface area contributed by atoms with Crippen LogP contribution in [0.3, 0.4) is 0 Å². The summed E-state index contributed by atoms with van der Waals surface area (Å²) < 4.78 is 13.4. The number of hydrogen-bond donors (Lipinski definition) is 0. The Morgan fingerprint density at radius 3 is 2.71 bits per heavy atom. The van der Waals surface area contributed by atoms with Crippen molar-refractivity contribution in [2.75, 3.05) is 20.1 Å².